The molecule has 1 heterocycles. The molecule has 0 spiro atoms. The molecule has 1 atom stereocenters. The van der Waals surface area contributed by atoms with E-state index in [0.717, 1.165) is 5.69 Å². The normalized spacial score (nSPS) is 17.7. The Bertz CT molecular complexity index is 607. The van der Waals surface area contributed by atoms with Crippen LogP contribution < -0.4 is 4.90 Å². The summed E-state index contributed by atoms with van der Waals surface area (Å²) in [7, 11) is 0. The largest absolute Gasteiger partial charge is 0.343 e. The van der Waals surface area contributed by atoms with Crippen LogP contribution in [0.4, 0.5) is 5.69 Å². The van der Waals surface area contributed by atoms with Crippen LogP contribution >= 0.6 is 0 Å². The van der Waals surface area contributed by atoms with Crippen LogP contribution in [0.2, 0.25) is 0 Å². The fourth-order valence-electron chi connectivity index (χ4n) is 3.71. The van der Waals surface area contributed by atoms with E-state index >= 15 is 0 Å². The van der Waals surface area contributed by atoms with Gasteiger partial charge in [0, 0.05) is 26.1 Å². The first kappa shape index (κ1) is 19.5. The molecule has 1 saturated heterocycles. The lowest BCUT2D eigenvalue weighted by molar-refractivity contribution is -0.135. The summed E-state index contributed by atoms with van der Waals surface area (Å²) in [5.41, 5.74) is 3.42. The molecule has 0 aliphatic carbocycles. The van der Waals surface area contributed by atoms with Gasteiger partial charge in [0.1, 0.15) is 0 Å². The van der Waals surface area contributed by atoms with E-state index in [2.05, 4.69) is 45.9 Å². The van der Waals surface area contributed by atoms with E-state index in [1.807, 2.05) is 23.6 Å². The predicted molar refractivity (Wildman–Crippen MR) is 103 cm³/mol. The summed E-state index contributed by atoms with van der Waals surface area (Å²) in [5.74, 6) is 0.611. The number of carbonyl (C=O) groups is 2. The van der Waals surface area contributed by atoms with Gasteiger partial charge in [0.05, 0.1) is 11.6 Å². The van der Waals surface area contributed by atoms with Gasteiger partial charge in [-0.25, -0.2) is 0 Å². The molecule has 2 amide bonds. The molecular weight excluding hydrogens is 312 g/mol. The van der Waals surface area contributed by atoms with Gasteiger partial charge in [0.25, 0.3) is 0 Å². The predicted octanol–water partition coefficient (Wildman–Crippen LogP) is 4.15. The third-order valence-corrected chi connectivity index (χ3v) is 5.16. The van der Waals surface area contributed by atoms with E-state index < -0.39 is 0 Å². The zero-order chi connectivity index (χ0) is 18.7. The van der Waals surface area contributed by atoms with Crippen molar-refractivity contribution in [3.63, 3.8) is 0 Å². The smallest absolute Gasteiger partial charge is 0.227 e. The van der Waals surface area contributed by atoms with E-state index in [4.69, 9.17) is 0 Å². The molecule has 1 aliphatic rings. The average Bonchev–Trinajstić information content (AvgIpc) is 2.96. The van der Waals surface area contributed by atoms with E-state index in [9.17, 15) is 9.59 Å². The molecule has 2 rings (SSSR count). The van der Waals surface area contributed by atoms with Crippen molar-refractivity contribution >= 4 is 17.5 Å². The van der Waals surface area contributed by atoms with Gasteiger partial charge in [-0.2, -0.15) is 0 Å². The van der Waals surface area contributed by atoms with Crippen molar-refractivity contribution in [2.75, 3.05) is 24.5 Å². The first-order valence-corrected chi connectivity index (χ1v) is 9.53. The lowest BCUT2D eigenvalue weighted by atomic mass is 9.92. The average molecular weight is 344 g/mol. The second-order valence-corrected chi connectivity index (χ2v) is 7.51. The fourth-order valence-corrected chi connectivity index (χ4v) is 3.71. The number of hydrogen-bond donors (Lipinski definition) is 0. The van der Waals surface area contributed by atoms with Crippen LogP contribution in [0.1, 0.15) is 70.9 Å². The van der Waals surface area contributed by atoms with Gasteiger partial charge in [-0.15, -0.1) is 0 Å². The molecule has 1 aliphatic heterocycles. The maximum absolute atomic E-state index is 12.8. The minimum Gasteiger partial charge on any atom is -0.343 e. The van der Waals surface area contributed by atoms with Gasteiger partial charge in [-0.05, 0) is 36.8 Å². The topological polar surface area (TPSA) is 40.6 Å². The summed E-state index contributed by atoms with van der Waals surface area (Å²) in [4.78, 5) is 29.2. The number of amides is 2. The molecule has 0 bridgehead atoms. The van der Waals surface area contributed by atoms with Crippen LogP contribution in [-0.4, -0.2) is 36.3 Å². The van der Waals surface area contributed by atoms with E-state index in [1.54, 1.807) is 0 Å². The number of benzene rings is 1. The molecule has 0 radical (unpaired) electrons. The molecule has 0 N–H and O–H groups in total. The van der Waals surface area contributed by atoms with Gasteiger partial charge in [-0.3, -0.25) is 9.59 Å². The summed E-state index contributed by atoms with van der Waals surface area (Å²) >= 11 is 0. The van der Waals surface area contributed by atoms with E-state index in [1.165, 1.54) is 11.1 Å². The Labute approximate surface area is 152 Å². The third-order valence-electron chi connectivity index (χ3n) is 5.16. The highest BCUT2D eigenvalue weighted by molar-refractivity contribution is 6.01. The van der Waals surface area contributed by atoms with E-state index in [-0.39, 0.29) is 17.7 Å². The number of hydrogen-bond acceptors (Lipinski definition) is 2. The van der Waals surface area contributed by atoms with Gasteiger partial charge in [0.2, 0.25) is 11.8 Å². The maximum atomic E-state index is 12.8. The van der Waals surface area contributed by atoms with Crippen molar-refractivity contribution in [3.05, 3.63) is 29.3 Å². The Morgan fingerprint density at radius 3 is 2.08 bits per heavy atom. The summed E-state index contributed by atoms with van der Waals surface area (Å²) in [6.45, 7) is 14.5. The quantitative estimate of drug-likeness (QED) is 0.777. The van der Waals surface area contributed by atoms with Gasteiger partial charge in [-0.1, -0.05) is 45.9 Å². The summed E-state index contributed by atoms with van der Waals surface area (Å²) < 4.78 is 0. The van der Waals surface area contributed by atoms with Gasteiger partial charge < -0.3 is 9.80 Å². The molecule has 0 saturated carbocycles. The highest BCUT2D eigenvalue weighted by atomic mass is 16.2. The van der Waals surface area contributed by atoms with Crippen molar-refractivity contribution in [3.8, 4) is 0 Å². The second-order valence-electron chi connectivity index (χ2n) is 7.51. The van der Waals surface area contributed by atoms with Crippen molar-refractivity contribution in [1.82, 2.24) is 4.90 Å². The highest BCUT2D eigenvalue weighted by Gasteiger charge is 2.38. The molecule has 1 aromatic rings. The monoisotopic (exact) mass is 344 g/mol. The van der Waals surface area contributed by atoms with Gasteiger partial charge >= 0.3 is 0 Å². The van der Waals surface area contributed by atoms with Crippen molar-refractivity contribution in [1.29, 1.82) is 0 Å². The molecule has 4 heteroatoms. The first-order valence-electron chi connectivity index (χ1n) is 9.53. The van der Waals surface area contributed by atoms with Crippen LogP contribution in [-0.2, 0) is 9.59 Å². The van der Waals surface area contributed by atoms with Crippen LogP contribution in [0.5, 0.6) is 0 Å². The molecule has 0 aromatic heterocycles. The number of para-hydroxylation sites is 1. The van der Waals surface area contributed by atoms with Crippen molar-refractivity contribution in [2.24, 2.45) is 5.92 Å². The Hall–Kier alpha value is -1.84. The fraction of sp³-hybridized carbons (Fsp3) is 0.619. The standard InChI is InChI=1S/C21H32N2O2/c1-7-22(8-2)21(25)16-12-19(24)23(13-16)20-17(14(3)4)10-9-11-18(20)15(5)6/h9-11,14-16H,7-8,12-13H2,1-6H3. The number of rotatable bonds is 6. The summed E-state index contributed by atoms with van der Waals surface area (Å²) in [5, 5.41) is 0. The lowest BCUT2D eigenvalue weighted by Gasteiger charge is -2.27. The summed E-state index contributed by atoms with van der Waals surface area (Å²) in [6, 6.07) is 6.30. The first-order chi connectivity index (χ1) is 11.8. The minimum atomic E-state index is -0.229. The number of nitrogens with zero attached hydrogens (tertiary/aromatic N) is 2. The molecule has 1 aromatic carbocycles. The van der Waals surface area contributed by atoms with Gasteiger partial charge in [0.15, 0.2) is 0 Å². The van der Waals surface area contributed by atoms with Crippen LogP contribution in [0.3, 0.4) is 0 Å². The minimum absolute atomic E-state index is 0.0699. The lowest BCUT2D eigenvalue weighted by Crippen LogP contribution is -2.37. The van der Waals surface area contributed by atoms with Crippen molar-refractivity contribution < 1.29 is 9.59 Å². The molecule has 138 valence electrons. The molecule has 4 nitrogen and oxygen atoms in total. The Kier molecular flexibility index (Phi) is 6.26. The molecule has 1 fully saturated rings. The SMILES string of the molecule is CCN(CC)C(=O)C1CC(=O)N(c2c(C(C)C)cccc2C(C)C)C1. The molecule has 25 heavy (non-hydrogen) atoms. The third kappa shape index (κ3) is 3.88. The van der Waals surface area contributed by atoms with Crippen LogP contribution in [0.25, 0.3) is 0 Å². The van der Waals surface area contributed by atoms with Crippen LogP contribution in [0.15, 0.2) is 18.2 Å². The molecular formula is C21H32N2O2. The molecule has 1 unspecified atom stereocenters. The van der Waals surface area contributed by atoms with Crippen molar-refractivity contribution in [2.45, 2.75) is 59.8 Å². The Balaban J connectivity index is 2.39. The number of anilines is 1. The van der Waals surface area contributed by atoms with E-state index in [0.29, 0.717) is 37.9 Å². The summed E-state index contributed by atoms with van der Waals surface area (Å²) in [6.07, 6.45) is 0.319. The Morgan fingerprint density at radius 1 is 1.12 bits per heavy atom. The zero-order valence-corrected chi connectivity index (χ0v) is 16.5. The Morgan fingerprint density at radius 2 is 1.64 bits per heavy atom. The maximum Gasteiger partial charge on any atom is 0.227 e. The zero-order valence-electron chi connectivity index (χ0n) is 16.5. The number of carbonyl (C=O) groups excluding carboxylic acids is 2. The highest BCUT2D eigenvalue weighted by Crippen LogP contribution is 2.38. The van der Waals surface area contributed by atoms with Crippen LogP contribution in [0, 0.1) is 5.92 Å². The second kappa shape index (κ2) is 8.03.